The number of amides is 1. The van der Waals surface area contributed by atoms with E-state index in [1.54, 1.807) is 28.8 Å². The van der Waals surface area contributed by atoms with E-state index < -0.39 is 5.97 Å². The Morgan fingerprint density at radius 2 is 1.39 bits per heavy atom. The molecule has 0 spiro atoms. The Kier molecular flexibility index (Phi) is 4.92. The Morgan fingerprint density at radius 1 is 0.857 bits per heavy atom. The van der Waals surface area contributed by atoms with Crippen LogP contribution in [0.1, 0.15) is 21.5 Å². The molecule has 0 radical (unpaired) electrons. The van der Waals surface area contributed by atoms with Crippen LogP contribution in [-0.2, 0) is 9.53 Å². The Morgan fingerprint density at radius 3 is 1.96 bits per heavy atom. The molecule has 0 N–H and O–H groups in total. The minimum Gasteiger partial charge on any atom is -0.452 e. The van der Waals surface area contributed by atoms with Crippen molar-refractivity contribution in [2.24, 2.45) is 0 Å². The number of aryl methyl sites for hydroxylation is 2. The number of benzene rings is 3. The summed E-state index contributed by atoms with van der Waals surface area (Å²) < 4.78 is 5.35. The van der Waals surface area contributed by atoms with E-state index in [0.717, 1.165) is 32.3 Å². The summed E-state index contributed by atoms with van der Waals surface area (Å²) in [7, 11) is 0. The highest BCUT2D eigenvalue weighted by molar-refractivity contribution is 7.99. The van der Waals surface area contributed by atoms with Gasteiger partial charge in [0.25, 0.3) is 5.91 Å². The minimum atomic E-state index is -0.492. The average molecular weight is 389 g/mol. The Balaban J connectivity index is 1.58. The molecule has 0 bridgehead atoms. The molecule has 140 valence electrons. The van der Waals surface area contributed by atoms with Crippen LogP contribution in [0.15, 0.2) is 76.5 Å². The van der Waals surface area contributed by atoms with Gasteiger partial charge in [0.2, 0.25) is 0 Å². The molecule has 4 nitrogen and oxygen atoms in total. The lowest BCUT2D eigenvalue weighted by Gasteiger charge is -2.30. The maximum Gasteiger partial charge on any atom is 0.338 e. The van der Waals surface area contributed by atoms with Crippen molar-refractivity contribution < 1.29 is 14.3 Å². The van der Waals surface area contributed by atoms with Gasteiger partial charge in [0.15, 0.2) is 6.61 Å². The predicted octanol–water partition coefficient (Wildman–Crippen LogP) is 5.29. The number of anilines is 2. The number of para-hydroxylation sites is 2. The fraction of sp³-hybridized carbons (Fsp3) is 0.130. The molecular weight excluding hydrogens is 370 g/mol. The third-order valence-electron chi connectivity index (χ3n) is 4.47. The summed E-state index contributed by atoms with van der Waals surface area (Å²) in [6.45, 7) is 3.53. The highest BCUT2D eigenvalue weighted by Crippen LogP contribution is 2.47. The smallest absolute Gasteiger partial charge is 0.338 e. The molecule has 1 heterocycles. The number of esters is 1. The van der Waals surface area contributed by atoms with Crippen molar-refractivity contribution in [1.82, 2.24) is 0 Å². The van der Waals surface area contributed by atoms with E-state index in [1.807, 2.05) is 68.4 Å². The predicted molar refractivity (Wildman–Crippen MR) is 110 cm³/mol. The van der Waals surface area contributed by atoms with E-state index in [9.17, 15) is 9.59 Å². The van der Waals surface area contributed by atoms with Gasteiger partial charge in [-0.15, -0.1) is 0 Å². The van der Waals surface area contributed by atoms with E-state index in [-0.39, 0.29) is 12.5 Å². The van der Waals surface area contributed by atoms with Crippen molar-refractivity contribution in [3.63, 3.8) is 0 Å². The van der Waals surface area contributed by atoms with E-state index in [2.05, 4.69) is 0 Å². The Labute approximate surface area is 168 Å². The first-order valence-electron chi connectivity index (χ1n) is 8.97. The molecule has 0 aliphatic carbocycles. The molecule has 0 saturated heterocycles. The van der Waals surface area contributed by atoms with Crippen molar-refractivity contribution in [2.75, 3.05) is 11.5 Å². The first kappa shape index (κ1) is 18.3. The van der Waals surface area contributed by atoms with Crippen molar-refractivity contribution >= 4 is 35.0 Å². The van der Waals surface area contributed by atoms with Gasteiger partial charge >= 0.3 is 5.97 Å². The van der Waals surface area contributed by atoms with Gasteiger partial charge in [-0.1, -0.05) is 53.2 Å². The van der Waals surface area contributed by atoms with Gasteiger partial charge in [-0.25, -0.2) is 4.79 Å². The monoisotopic (exact) mass is 389 g/mol. The normalized spacial score (nSPS) is 12.1. The third-order valence-corrected chi connectivity index (χ3v) is 5.60. The number of carbonyl (C=O) groups excluding carboxylic acids is 2. The standard InChI is InChI=1S/C23H19NO3S/c1-15-11-16(2)13-17(12-15)23(26)27-14-22(25)24-18-7-3-5-9-20(18)28-21-10-6-4-8-19(21)24/h3-13H,14H2,1-2H3. The molecule has 3 aromatic carbocycles. The number of nitrogens with zero attached hydrogens (tertiary/aromatic N) is 1. The molecule has 0 atom stereocenters. The first-order chi connectivity index (χ1) is 13.5. The molecule has 3 aromatic rings. The van der Waals surface area contributed by atoms with E-state index >= 15 is 0 Å². The van der Waals surface area contributed by atoms with Crippen LogP contribution < -0.4 is 4.90 Å². The maximum absolute atomic E-state index is 13.0. The Bertz CT molecular complexity index is 1010. The highest BCUT2D eigenvalue weighted by Gasteiger charge is 2.28. The number of carbonyl (C=O) groups is 2. The average Bonchev–Trinajstić information content (AvgIpc) is 2.69. The van der Waals surface area contributed by atoms with Gasteiger partial charge < -0.3 is 4.74 Å². The SMILES string of the molecule is Cc1cc(C)cc(C(=O)OCC(=O)N2c3ccccc3Sc3ccccc32)c1. The lowest BCUT2D eigenvalue weighted by molar-refractivity contribution is -0.121. The van der Waals surface area contributed by atoms with Gasteiger partial charge in [-0.3, -0.25) is 9.69 Å². The molecule has 0 aromatic heterocycles. The van der Waals surface area contributed by atoms with E-state index in [0.29, 0.717) is 5.56 Å². The summed E-state index contributed by atoms with van der Waals surface area (Å²) in [6.07, 6.45) is 0. The quantitative estimate of drug-likeness (QED) is 0.571. The van der Waals surface area contributed by atoms with Crippen LogP contribution in [0.5, 0.6) is 0 Å². The molecule has 1 amide bonds. The molecule has 1 aliphatic rings. The van der Waals surface area contributed by atoms with Gasteiger partial charge in [0.1, 0.15) is 0 Å². The largest absolute Gasteiger partial charge is 0.452 e. The van der Waals surface area contributed by atoms with Crippen LogP contribution in [0.25, 0.3) is 0 Å². The molecule has 1 aliphatic heterocycles. The molecule has 28 heavy (non-hydrogen) atoms. The zero-order valence-corrected chi connectivity index (χ0v) is 16.5. The molecule has 0 unspecified atom stereocenters. The topological polar surface area (TPSA) is 46.6 Å². The van der Waals surface area contributed by atoms with E-state index in [1.165, 1.54) is 0 Å². The second-order valence-electron chi connectivity index (χ2n) is 6.72. The summed E-state index contributed by atoms with van der Waals surface area (Å²) in [5.41, 5.74) is 4.03. The summed E-state index contributed by atoms with van der Waals surface area (Å²) >= 11 is 1.63. The highest BCUT2D eigenvalue weighted by atomic mass is 32.2. The molecule has 5 heteroatoms. The second-order valence-corrected chi connectivity index (χ2v) is 7.80. The zero-order chi connectivity index (χ0) is 19.7. The summed E-state index contributed by atoms with van der Waals surface area (Å²) in [6, 6.07) is 21.0. The number of ether oxygens (including phenoxy) is 1. The van der Waals surface area contributed by atoms with E-state index in [4.69, 9.17) is 4.74 Å². The first-order valence-corrected chi connectivity index (χ1v) is 9.79. The summed E-state index contributed by atoms with van der Waals surface area (Å²) in [5, 5.41) is 0. The van der Waals surface area contributed by atoms with Crippen LogP contribution in [-0.4, -0.2) is 18.5 Å². The van der Waals surface area contributed by atoms with Crippen molar-refractivity contribution in [3.05, 3.63) is 83.4 Å². The van der Waals surface area contributed by atoms with Gasteiger partial charge in [-0.2, -0.15) is 0 Å². The Hall–Kier alpha value is -3.05. The van der Waals surface area contributed by atoms with Crippen LogP contribution >= 0.6 is 11.8 Å². The van der Waals surface area contributed by atoms with Crippen LogP contribution in [0.4, 0.5) is 11.4 Å². The van der Waals surface area contributed by atoms with Crippen LogP contribution in [0.3, 0.4) is 0 Å². The maximum atomic E-state index is 13.0. The fourth-order valence-corrected chi connectivity index (χ4v) is 4.40. The number of fused-ring (bicyclic) bond motifs is 2. The summed E-state index contributed by atoms with van der Waals surface area (Å²) in [5.74, 6) is -0.772. The third kappa shape index (κ3) is 3.53. The lowest BCUT2D eigenvalue weighted by atomic mass is 10.1. The van der Waals surface area contributed by atoms with Crippen molar-refractivity contribution in [3.8, 4) is 0 Å². The number of hydrogen-bond donors (Lipinski definition) is 0. The van der Waals surface area contributed by atoms with Crippen molar-refractivity contribution in [2.45, 2.75) is 23.6 Å². The molecule has 4 rings (SSSR count). The van der Waals surface area contributed by atoms with Crippen LogP contribution in [0.2, 0.25) is 0 Å². The summed E-state index contributed by atoms with van der Waals surface area (Å²) in [4.78, 5) is 29.1. The number of rotatable bonds is 3. The van der Waals surface area contributed by atoms with Gasteiger partial charge in [0.05, 0.1) is 16.9 Å². The zero-order valence-electron chi connectivity index (χ0n) is 15.6. The van der Waals surface area contributed by atoms with Gasteiger partial charge in [0, 0.05) is 9.79 Å². The fourth-order valence-electron chi connectivity index (χ4n) is 3.34. The molecule has 0 saturated carbocycles. The van der Waals surface area contributed by atoms with Crippen molar-refractivity contribution in [1.29, 1.82) is 0 Å². The second kappa shape index (κ2) is 7.52. The lowest BCUT2D eigenvalue weighted by Crippen LogP contribution is -2.32. The van der Waals surface area contributed by atoms with Crippen LogP contribution in [0, 0.1) is 13.8 Å². The molecule has 0 fully saturated rings. The minimum absolute atomic E-state index is 0.280. The van der Waals surface area contributed by atoms with Gasteiger partial charge in [-0.05, 0) is 50.2 Å². The number of hydrogen-bond acceptors (Lipinski definition) is 4. The molecular formula is C23H19NO3S.